The molecule has 1 saturated heterocycles. The maximum Gasteiger partial charge on any atom is 0.244 e. The molecule has 3 fully saturated rings. The van der Waals surface area contributed by atoms with Crippen LogP contribution in [0.5, 0.6) is 11.5 Å². The third-order valence-corrected chi connectivity index (χ3v) is 11.1. The Morgan fingerprint density at radius 3 is 2.76 bits per heavy atom. The molecule has 0 aromatic heterocycles. The lowest BCUT2D eigenvalue weighted by Gasteiger charge is -2.71. The van der Waals surface area contributed by atoms with Crippen LogP contribution in [-0.4, -0.2) is 61.9 Å². The minimum atomic E-state index is -0.771. The summed E-state index contributed by atoms with van der Waals surface area (Å²) in [6.07, 6.45) is 17.3. The van der Waals surface area contributed by atoms with E-state index in [1.54, 1.807) is 20.3 Å². The van der Waals surface area contributed by atoms with E-state index in [2.05, 4.69) is 34.5 Å². The molecule has 2 aliphatic heterocycles. The van der Waals surface area contributed by atoms with Crippen molar-refractivity contribution in [2.24, 2.45) is 11.3 Å². The molecule has 0 radical (unpaired) electrons. The molecule has 2 unspecified atom stereocenters. The number of carbonyl (C=O) groups excluding carboxylic acids is 1. The lowest BCUT2D eigenvalue weighted by molar-refractivity contribution is -0.203. The fourth-order valence-corrected chi connectivity index (χ4v) is 9.19. The summed E-state index contributed by atoms with van der Waals surface area (Å²) in [6.45, 7) is 2.24. The van der Waals surface area contributed by atoms with Gasteiger partial charge in [-0.05, 0) is 61.8 Å². The van der Waals surface area contributed by atoms with Crippen molar-refractivity contribution in [2.45, 2.75) is 61.3 Å². The smallest absolute Gasteiger partial charge is 0.244 e. The molecule has 2 spiro atoms. The number of ether oxygens (including phenoxy) is 3. The second kappa shape index (κ2) is 9.07. The van der Waals surface area contributed by atoms with E-state index >= 15 is 0 Å². The Morgan fingerprint density at radius 1 is 1.12 bits per heavy atom. The van der Waals surface area contributed by atoms with Crippen LogP contribution in [0.1, 0.15) is 42.4 Å². The van der Waals surface area contributed by atoms with Crippen LogP contribution < -0.4 is 14.8 Å². The van der Waals surface area contributed by atoms with Gasteiger partial charge in [-0.2, -0.15) is 0 Å². The number of benzene rings is 2. The van der Waals surface area contributed by atoms with Gasteiger partial charge in [0.2, 0.25) is 5.91 Å². The number of hydrogen-bond donors (Lipinski definition) is 1. The van der Waals surface area contributed by atoms with Gasteiger partial charge in [-0.3, -0.25) is 9.69 Å². The minimum absolute atomic E-state index is 0.111. The molecule has 9 rings (SSSR count). The zero-order valence-corrected chi connectivity index (χ0v) is 23.8. The molecular formula is C35H38N2O4. The number of rotatable bonds is 8. The SMILES string of the molecule is COc1ccc2c3c1OC1[C@@]4(OC)C=C[C@@]5(CC4NC(=O)/C=C/C=C/c4ccccc4)[C@@H](C2)N(CC2CC2)CC[C@]315. The number of piperidine rings is 1. The summed E-state index contributed by atoms with van der Waals surface area (Å²) in [5, 5.41) is 3.38. The molecular weight excluding hydrogens is 512 g/mol. The van der Waals surface area contributed by atoms with Crippen molar-refractivity contribution < 1.29 is 19.0 Å². The largest absolute Gasteiger partial charge is 0.493 e. The number of allylic oxidation sites excluding steroid dienone is 2. The van der Waals surface area contributed by atoms with Gasteiger partial charge in [0.1, 0.15) is 11.7 Å². The zero-order valence-electron chi connectivity index (χ0n) is 23.8. The summed E-state index contributed by atoms with van der Waals surface area (Å²) >= 11 is 0. The molecule has 212 valence electrons. The minimum Gasteiger partial charge on any atom is -0.493 e. The molecule has 2 aromatic carbocycles. The van der Waals surface area contributed by atoms with Crippen LogP contribution >= 0.6 is 0 Å². The van der Waals surface area contributed by atoms with Crippen LogP contribution in [-0.2, 0) is 21.4 Å². The number of nitrogens with one attached hydrogen (secondary N) is 1. The molecule has 5 aliphatic carbocycles. The summed E-state index contributed by atoms with van der Waals surface area (Å²) in [5.41, 5.74) is 2.71. The Bertz CT molecular complexity index is 1480. The third kappa shape index (κ3) is 3.41. The Balaban J connectivity index is 1.17. The summed E-state index contributed by atoms with van der Waals surface area (Å²) in [7, 11) is 3.49. The number of methoxy groups -OCH3 is 2. The first-order valence-corrected chi connectivity index (χ1v) is 15.1. The van der Waals surface area contributed by atoms with Crippen LogP contribution in [0, 0.1) is 11.3 Å². The van der Waals surface area contributed by atoms with Gasteiger partial charge >= 0.3 is 0 Å². The molecule has 7 aliphatic rings. The van der Waals surface area contributed by atoms with E-state index < -0.39 is 5.60 Å². The maximum atomic E-state index is 13.4. The van der Waals surface area contributed by atoms with Crippen molar-refractivity contribution in [1.82, 2.24) is 10.2 Å². The fourth-order valence-electron chi connectivity index (χ4n) is 9.19. The molecule has 6 atom stereocenters. The highest BCUT2D eigenvalue weighted by Gasteiger charge is 2.79. The van der Waals surface area contributed by atoms with Crippen LogP contribution in [0.25, 0.3) is 6.08 Å². The van der Waals surface area contributed by atoms with E-state index in [0.29, 0.717) is 6.04 Å². The van der Waals surface area contributed by atoms with Crippen molar-refractivity contribution in [3.05, 3.63) is 89.5 Å². The number of nitrogens with zero attached hydrogens (tertiary/aromatic N) is 1. The highest BCUT2D eigenvalue weighted by molar-refractivity contribution is 5.88. The molecule has 6 heteroatoms. The third-order valence-electron chi connectivity index (χ3n) is 11.1. The summed E-state index contributed by atoms with van der Waals surface area (Å²) in [6, 6.07) is 14.6. The van der Waals surface area contributed by atoms with Crippen molar-refractivity contribution >= 4 is 12.0 Å². The maximum absolute atomic E-state index is 13.4. The number of amides is 1. The topological polar surface area (TPSA) is 60.0 Å². The van der Waals surface area contributed by atoms with Crippen molar-refractivity contribution in [1.29, 1.82) is 0 Å². The summed E-state index contributed by atoms with van der Waals surface area (Å²) in [5.74, 6) is 2.39. The van der Waals surface area contributed by atoms with Gasteiger partial charge in [0.25, 0.3) is 0 Å². The molecule has 41 heavy (non-hydrogen) atoms. The van der Waals surface area contributed by atoms with E-state index in [4.69, 9.17) is 14.2 Å². The molecule has 4 bridgehead atoms. The van der Waals surface area contributed by atoms with Crippen LogP contribution in [0.15, 0.2) is 72.8 Å². The van der Waals surface area contributed by atoms with Gasteiger partial charge in [0.05, 0.1) is 18.6 Å². The highest BCUT2D eigenvalue weighted by atomic mass is 16.6. The Morgan fingerprint density at radius 2 is 1.98 bits per heavy atom. The lowest BCUT2D eigenvalue weighted by atomic mass is 9.38. The van der Waals surface area contributed by atoms with E-state index in [0.717, 1.165) is 48.8 Å². The fraction of sp³-hybridized carbons (Fsp3) is 0.457. The average Bonchev–Trinajstić information content (AvgIpc) is 3.74. The Kier molecular flexibility index (Phi) is 5.61. The molecule has 2 saturated carbocycles. The van der Waals surface area contributed by atoms with Crippen molar-refractivity contribution in [3.8, 4) is 11.5 Å². The second-order valence-electron chi connectivity index (χ2n) is 12.8. The zero-order chi connectivity index (χ0) is 27.8. The molecule has 2 heterocycles. The van der Waals surface area contributed by atoms with E-state index in [9.17, 15) is 4.79 Å². The van der Waals surface area contributed by atoms with Gasteiger partial charge < -0.3 is 19.5 Å². The van der Waals surface area contributed by atoms with Gasteiger partial charge in [-0.1, -0.05) is 66.8 Å². The van der Waals surface area contributed by atoms with Crippen LogP contribution in [0.3, 0.4) is 0 Å². The number of fused-ring (bicyclic) bond motifs is 1. The van der Waals surface area contributed by atoms with Gasteiger partial charge in [-0.15, -0.1) is 0 Å². The average molecular weight is 551 g/mol. The molecule has 6 nitrogen and oxygen atoms in total. The monoisotopic (exact) mass is 550 g/mol. The quantitative estimate of drug-likeness (QED) is 0.290. The standard InChI is InChI=1S/C35H38N2O4/c1-39-26-15-14-25-20-28-33-16-17-35(40-2,27(21-33)36-29(38)11-7-6-10-23-8-4-3-5-9-23)32-34(33,30(25)31(26)41-32)18-19-37(28)22-24-12-13-24/h3-11,14-17,24,27-28,32H,12-13,18-22H2,1-2H3,(H,36,38)/b10-6+,11-7+/t27?,28-,32?,33-,34+,35-/m1/s1. The second-order valence-corrected chi connectivity index (χ2v) is 12.8. The van der Waals surface area contributed by atoms with E-state index in [1.807, 2.05) is 48.6 Å². The normalized spacial score (nSPS) is 36.0. The first-order chi connectivity index (χ1) is 20.0. The van der Waals surface area contributed by atoms with Gasteiger partial charge in [0.15, 0.2) is 11.5 Å². The van der Waals surface area contributed by atoms with E-state index in [1.165, 1.54) is 30.5 Å². The predicted molar refractivity (Wildman–Crippen MR) is 158 cm³/mol. The summed E-state index contributed by atoms with van der Waals surface area (Å²) < 4.78 is 19.3. The van der Waals surface area contributed by atoms with Crippen molar-refractivity contribution in [2.75, 3.05) is 27.3 Å². The van der Waals surface area contributed by atoms with Crippen LogP contribution in [0.4, 0.5) is 0 Å². The molecule has 2 aromatic rings. The number of hydrogen-bond acceptors (Lipinski definition) is 5. The summed E-state index contributed by atoms with van der Waals surface area (Å²) in [4.78, 5) is 16.1. The lowest BCUT2D eigenvalue weighted by Crippen LogP contribution is -2.82. The number of likely N-dealkylation sites (tertiary alicyclic amines) is 1. The molecule has 1 N–H and O–H groups in total. The predicted octanol–water partition coefficient (Wildman–Crippen LogP) is 4.83. The van der Waals surface area contributed by atoms with Crippen LogP contribution in [0.2, 0.25) is 0 Å². The van der Waals surface area contributed by atoms with Gasteiger partial charge in [0, 0.05) is 36.8 Å². The molecule has 1 amide bonds. The van der Waals surface area contributed by atoms with E-state index in [-0.39, 0.29) is 28.9 Å². The Labute approximate surface area is 242 Å². The first-order valence-electron chi connectivity index (χ1n) is 15.1. The number of carbonyl (C=O) groups is 1. The van der Waals surface area contributed by atoms with Crippen molar-refractivity contribution in [3.63, 3.8) is 0 Å². The first kappa shape index (κ1) is 25.4. The Hall–Kier alpha value is -3.35. The van der Waals surface area contributed by atoms with Gasteiger partial charge in [-0.25, -0.2) is 0 Å². The highest BCUT2D eigenvalue weighted by Crippen LogP contribution is 2.73.